The number of rotatable bonds is 10. The molecule has 1 aliphatic rings. The van der Waals surface area contributed by atoms with Crippen LogP contribution in [0.3, 0.4) is 0 Å². The zero-order valence-electron chi connectivity index (χ0n) is 21.5. The van der Waals surface area contributed by atoms with Gasteiger partial charge in [-0.2, -0.15) is 0 Å². The zero-order valence-corrected chi connectivity index (χ0v) is 23.0. The molecule has 0 radical (unpaired) electrons. The van der Waals surface area contributed by atoms with Crippen LogP contribution in [-0.2, 0) is 29.0 Å². The molecule has 204 valence electrons. The monoisotopic (exact) mass is 567 g/mol. The molecule has 0 saturated heterocycles. The third-order valence-electron chi connectivity index (χ3n) is 7.11. The smallest absolute Gasteiger partial charge is 0.273 e. The van der Waals surface area contributed by atoms with Gasteiger partial charge in [0.2, 0.25) is 11.8 Å². The zero-order chi connectivity index (χ0) is 27.8. The molecule has 39 heavy (non-hydrogen) atoms. The van der Waals surface area contributed by atoms with E-state index >= 15 is 0 Å². The minimum Gasteiger partial charge on any atom is -0.352 e. The van der Waals surface area contributed by atoms with Gasteiger partial charge < -0.3 is 10.2 Å². The van der Waals surface area contributed by atoms with Crippen molar-refractivity contribution in [2.75, 3.05) is 0 Å². The second kappa shape index (κ2) is 13.6. The maximum absolute atomic E-state index is 14.0. The summed E-state index contributed by atoms with van der Waals surface area (Å²) in [7, 11) is 0. The highest BCUT2D eigenvalue weighted by molar-refractivity contribution is 6.35. The van der Waals surface area contributed by atoms with Crippen LogP contribution in [0.15, 0.2) is 72.8 Å². The minimum atomic E-state index is -0.851. The van der Waals surface area contributed by atoms with Gasteiger partial charge >= 0.3 is 0 Å². The highest BCUT2D eigenvalue weighted by atomic mass is 35.5. The summed E-state index contributed by atoms with van der Waals surface area (Å²) in [6.45, 7) is 0.0467. The summed E-state index contributed by atoms with van der Waals surface area (Å²) in [6.07, 6.45) is 5.10. The number of nitro benzene ring substituents is 1. The molecular weight excluding hydrogens is 537 g/mol. The molecule has 9 heteroatoms. The Balaban J connectivity index is 1.71. The third kappa shape index (κ3) is 7.80. The molecule has 7 nitrogen and oxygen atoms in total. The second-order valence-corrected chi connectivity index (χ2v) is 10.7. The standard InChI is InChI=1S/C30H31Cl2N3O4/c31-24-16-15-23(26(32)19-24)20-34(29(36)18-22-11-7-8-14-27(22)35(38)39)28(17-21-9-3-1-4-10-21)30(37)33-25-12-5-2-6-13-25/h1,3-4,7-11,14-16,19,25,28H,2,5-6,12-13,17-18,20H2,(H,33,37)/t28-/m1/s1. The maximum atomic E-state index is 14.0. The molecule has 1 atom stereocenters. The molecule has 0 aromatic heterocycles. The lowest BCUT2D eigenvalue weighted by Crippen LogP contribution is -2.53. The van der Waals surface area contributed by atoms with Crippen molar-refractivity contribution in [2.24, 2.45) is 0 Å². The van der Waals surface area contributed by atoms with Crippen LogP contribution in [0.5, 0.6) is 0 Å². The number of carbonyl (C=O) groups excluding carboxylic acids is 2. The predicted molar refractivity (Wildman–Crippen MR) is 153 cm³/mol. The van der Waals surface area contributed by atoms with Crippen molar-refractivity contribution < 1.29 is 14.5 Å². The molecule has 0 bridgehead atoms. The van der Waals surface area contributed by atoms with Gasteiger partial charge in [0, 0.05) is 40.7 Å². The SMILES string of the molecule is O=C(NC1CCCCC1)[C@@H](Cc1ccccc1)N(Cc1ccc(Cl)cc1Cl)C(=O)Cc1ccccc1[N+](=O)[O-]. The highest BCUT2D eigenvalue weighted by Gasteiger charge is 2.33. The summed E-state index contributed by atoms with van der Waals surface area (Å²) in [4.78, 5) is 40.4. The number of carbonyl (C=O) groups is 2. The molecule has 3 aromatic carbocycles. The van der Waals surface area contributed by atoms with Crippen molar-refractivity contribution in [1.29, 1.82) is 0 Å². The Morgan fingerprint density at radius 2 is 1.64 bits per heavy atom. The van der Waals surface area contributed by atoms with Crippen LogP contribution in [0.25, 0.3) is 0 Å². The molecule has 1 saturated carbocycles. The van der Waals surface area contributed by atoms with E-state index in [-0.39, 0.29) is 42.6 Å². The van der Waals surface area contributed by atoms with Crippen molar-refractivity contribution in [2.45, 2.75) is 63.6 Å². The number of hydrogen-bond acceptors (Lipinski definition) is 4. The molecule has 0 heterocycles. The van der Waals surface area contributed by atoms with Crippen molar-refractivity contribution in [3.8, 4) is 0 Å². The van der Waals surface area contributed by atoms with E-state index in [2.05, 4.69) is 5.32 Å². The second-order valence-electron chi connectivity index (χ2n) is 9.87. The summed E-state index contributed by atoms with van der Waals surface area (Å²) < 4.78 is 0. The number of amides is 2. The Labute approximate surface area is 238 Å². The number of benzene rings is 3. The summed E-state index contributed by atoms with van der Waals surface area (Å²) in [5.41, 5.74) is 1.67. The Morgan fingerprint density at radius 1 is 0.949 bits per heavy atom. The van der Waals surface area contributed by atoms with Crippen LogP contribution in [0.1, 0.15) is 48.8 Å². The summed E-state index contributed by atoms with van der Waals surface area (Å²) in [5, 5.41) is 15.6. The Hall–Kier alpha value is -3.42. The van der Waals surface area contributed by atoms with Crippen LogP contribution < -0.4 is 5.32 Å². The topological polar surface area (TPSA) is 92.6 Å². The van der Waals surface area contributed by atoms with Gasteiger partial charge in [0.1, 0.15) is 6.04 Å². The largest absolute Gasteiger partial charge is 0.352 e. The number of para-hydroxylation sites is 1. The van der Waals surface area contributed by atoms with E-state index in [0.717, 1.165) is 37.7 Å². The van der Waals surface area contributed by atoms with Crippen molar-refractivity contribution in [3.05, 3.63) is 110 Å². The number of nitrogens with one attached hydrogen (secondary N) is 1. The summed E-state index contributed by atoms with van der Waals surface area (Å²) in [6, 6.07) is 19.9. The molecule has 1 N–H and O–H groups in total. The lowest BCUT2D eigenvalue weighted by molar-refractivity contribution is -0.385. The molecule has 0 aliphatic heterocycles. The van der Waals surface area contributed by atoms with Gasteiger partial charge in [-0.3, -0.25) is 19.7 Å². The van der Waals surface area contributed by atoms with Crippen LogP contribution in [0, 0.1) is 10.1 Å². The van der Waals surface area contributed by atoms with Crippen LogP contribution in [-0.4, -0.2) is 33.7 Å². The van der Waals surface area contributed by atoms with Gasteiger partial charge in [-0.15, -0.1) is 0 Å². The average Bonchev–Trinajstić information content (AvgIpc) is 2.93. The predicted octanol–water partition coefficient (Wildman–Crippen LogP) is 6.53. The maximum Gasteiger partial charge on any atom is 0.273 e. The lowest BCUT2D eigenvalue weighted by atomic mass is 9.94. The van der Waals surface area contributed by atoms with E-state index in [4.69, 9.17) is 23.2 Å². The fourth-order valence-electron chi connectivity index (χ4n) is 5.03. The minimum absolute atomic E-state index is 0.0467. The average molecular weight is 569 g/mol. The first kappa shape index (κ1) is 28.6. The fourth-order valence-corrected chi connectivity index (χ4v) is 5.50. The Kier molecular flexibility index (Phi) is 9.96. The quantitative estimate of drug-likeness (QED) is 0.222. The molecule has 3 aromatic rings. The third-order valence-corrected chi connectivity index (χ3v) is 7.70. The van der Waals surface area contributed by atoms with E-state index in [9.17, 15) is 19.7 Å². The molecule has 1 fully saturated rings. The molecular formula is C30H31Cl2N3O4. The number of nitrogens with zero attached hydrogens (tertiary/aromatic N) is 2. The van der Waals surface area contributed by atoms with Crippen molar-refractivity contribution in [1.82, 2.24) is 10.2 Å². The summed E-state index contributed by atoms with van der Waals surface area (Å²) >= 11 is 12.6. The van der Waals surface area contributed by atoms with E-state index < -0.39 is 16.9 Å². The number of hydrogen-bond donors (Lipinski definition) is 1. The lowest BCUT2D eigenvalue weighted by Gasteiger charge is -2.33. The van der Waals surface area contributed by atoms with Gasteiger partial charge in [0.05, 0.1) is 11.3 Å². The molecule has 0 spiro atoms. The van der Waals surface area contributed by atoms with E-state index in [1.54, 1.807) is 36.4 Å². The molecule has 1 aliphatic carbocycles. The summed E-state index contributed by atoms with van der Waals surface area (Å²) in [5.74, 6) is -0.651. The number of halogens is 2. The Morgan fingerprint density at radius 3 is 2.33 bits per heavy atom. The van der Waals surface area contributed by atoms with E-state index in [0.29, 0.717) is 15.6 Å². The van der Waals surface area contributed by atoms with Gasteiger partial charge in [0.25, 0.3) is 5.69 Å². The van der Waals surface area contributed by atoms with Gasteiger partial charge in [-0.25, -0.2) is 0 Å². The van der Waals surface area contributed by atoms with Crippen LogP contribution in [0.4, 0.5) is 5.69 Å². The van der Waals surface area contributed by atoms with Crippen LogP contribution >= 0.6 is 23.2 Å². The molecule has 0 unspecified atom stereocenters. The normalized spacial score (nSPS) is 14.4. The van der Waals surface area contributed by atoms with Gasteiger partial charge in [0.15, 0.2) is 0 Å². The van der Waals surface area contributed by atoms with E-state index in [1.165, 1.54) is 11.0 Å². The fraction of sp³-hybridized carbons (Fsp3) is 0.333. The number of nitro groups is 1. The Bertz CT molecular complexity index is 1310. The first-order valence-electron chi connectivity index (χ1n) is 13.1. The van der Waals surface area contributed by atoms with Crippen molar-refractivity contribution in [3.63, 3.8) is 0 Å². The highest BCUT2D eigenvalue weighted by Crippen LogP contribution is 2.26. The van der Waals surface area contributed by atoms with Gasteiger partial charge in [-0.05, 0) is 36.1 Å². The van der Waals surface area contributed by atoms with E-state index in [1.807, 2.05) is 30.3 Å². The molecule has 2 amide bonds. The van der Waals surface area contributed by atoms with Crippen molar-refractivity contribution >= 4 is 40.7 Å². The van der Waals surface area contributed by atoms with Gasteiger partial charge in [-0.1, -0.05) is 97.1 Å². The molecule has 4 rings (SSSR count). The van der Waals surface area contributed by atoms with Crippen LogP contribution in [0.2, 0.25) is 10.0 Å². The first-order chi connectivity index (χ1) is 18.8. The first-order valence-corrected chi connectivity index (χ1v) is 13.9.